The van der Waals surface area contributed by atoms with Crippen LogP contribution in [-0.4, -0.2) is 15.7 Å². The summed E-state index contributed by atoms with van der Waals surface area (Å²) in [6.45, 7) is 0.564. The van der Waals surface area contributed by atoms with Crippen molar-refractivity contribution in [2.45, 2.75) is 6.54 Å². The number of rotatable bonds is 4. The number of amides is 1. The Morgan fingerprint density at radius 3 is 2.50 bits per heavy atom. The van der Waals surface area contributed by atoms with Crippen LogP contribution in [0.25, 0.3) is 0 Å². The Bertz CT molecular complexity index is 766. The Balaban J connectivity index is 1.75. The highest BCUT2D eigenvalue weighted by Crippen LogP contribution is 2.14. The molecular weight excluding hydrogens is 298 g/mol. The quantitative estimate of drug-likeness (QED) is 0.796. The second-order valence-corrected chi connectivity index (χ2v) is 5.26. The first kappa shape index (κ1) is 14.4. The molecule has 1 amide bonds. The lowest BCUT2D eigenvalue weighted by atomic mass is 10.2. The summed E-state index contributed by atoms with van der Waals surface area (Å²) in [7, 11) is 0. The van der Waals surface area contributed by atoms with E-state index in [0.717, 1.165) is 5.56 Å². The van der Waals surface area contributed by atoms with Gasteiger partial charge in [-0.2, -0.15) is 5.10 Å². The molecule has 0 saturated heterocycles. The van der Waals surface area contributed by atoms with Crippen molar-refractivity contribution in [3.63, 3.8) is 0 Å². The number of anilines is 1. The molecule has 0 unspecified atom stereocenters. The summed E-state index contributed by atoms with van der Waals surface area (Å²) in [5.74, 6) is 0.502. The van der Waals surface area contributed by atoms with E-state index in [-0.39, 0.29) is 5.91 Å². The van der Waals surface area contributed by atoms with Gasteiger partial charge in [0.05, 0.1) is 12.7 Å². The molecular formula is C17H14ClN3O. The Hall–Kier alpha value is -2.59. The molecule has 0 bridgehead atoms. The molecule has 2 aromatic carbocycles. The van der Waals surface area contributed by atoms with Gasteiger partial charge in [-0.3, -0.25) is 4.79 Å². The zero-order valence-electron chi connectivity index (χ0n) is 11.7. The van der Waals surface area contributed by atoms with Gasteiger partial charge in [-0.15, -0.1) is 0 Å². The number of aromatic nitrogens is 2. The summed E-state index contributed by atoms with van der Waals surface area (Å²) in [6, 6.07) is 18.4. The third-order valence-electron chi connectivity index (χ3n) is 3.24. The van der Waals surface area contributed by atoms with Gasteiger partial charge in [0.1, 0.15) is 5.82 Å². The number of hydrogen-bond acceptors (Lipinski definition) is 2. The van der Waals surface area contributed by atoms with Crippen LogP contribution in [-0.2, 0) is 6.54 Å². The van der Waals surface area contributed by atoms with Crippen LogP contribution in [0.3, 0.4) is 0 Å². The van der Waals surface area contributed by atoms with E-state index < -0.39 is 0 Å². The molecule has 0 aliphatic heterocycles. The molecule has 3 rings (SSSR count). The van der Waals surface area contributed by atoms with Crippen LogP contribution in [0.2, 0.25) is 5.02 Å². The van der Waals surface area contributed by atoms with E-state index in [0.29, 0.717) is 22.9 Å². The third kappa shape index (κ3) is 3.35. The van der Waals surface area contributed by atoms with Gasteiger partial charge in [-0.25, -0.2) is 4.68 Å². The first-order chi connectivity index (χ1) is 10.7. The first-order valence-corrected chi connectivity index (χ1v) is 7.23. The van der Waals surface area contributed by atoms with Crippen LogP contribution in [0.15, 0.2) is 66.9 Å². The molecule has 1 heterocycles. The van der Waals surface area contributed by atoms with Crippen molar-refractivity contribution >= 4 is 23.3 Å². The fourth-order valence-electron chi connectivity index (χ4n) is 2.11. The number of nitrogens with zero attached hydrogens (tertiary/aromatic N) is 2. The van der Waals surface area contributed by atoms with Crippen molar-refractivity contribution in [1.29, 1.82) is 0 Å². The van der Waals surface area contributed by atoms with Gasteiger partial charge in [0.25, 0.3) is 5.91 Å². The lowest BCUT2D eigenvalue weighted by Crippen LogP contribution is -2.16. The van der Waals surface area contributed by atoms with Crippen molar-refractivity contribution in [2.75, 3.05) is 5.32 Å². The lowest BCUT2D eigenvalue weighted by Gasteiger charge is -2.09. The monoisotopic (exact) mass is 311 g/mol. The molecule has 0 atom stereocenters. The summed E-state index contributed by atoms with van der Waals surface area (Å²) in [5, 5.41) is 7.82. The Morgan fingerprint density at radius 2 is 1.77 bits per heavy atom. The summed E-state index contributed by atoms with van der Waals surface area (Å²) >= 11 is 5.88. The summed E-state index contributed by atoms with van der Waals surface area (Å²) < 4.78 is 1.74. The van der Waals surface area contributed by atoms with Crippen LogP contribution in [0, 0.1) is 0 Å². The van der Waals surface area contributed by atoms with E-state index in [2.05, 4.69) is 10.4 Å². The maximum Gasteiger partial charge on any atom is 0.256 e. The van der Waals surface area contributed by atoms with E-state index in [1.54, 1.807) is 29.1 Å². The van der Waals surface area contributed by atoms with Crippen molar-refractivity contribution in [3.8, 4) is 0 Å². The number of carbonyl (C=O) groups excluding carboxylic acids is 1. The molecule has 110 valence electrons. The van der Waals surface area contributed by atoms with Gasteiger partial charge in [0.15, 0.2) is 0 Å². The minimum absolute atomic E-state index is 0.154. The number of halogens is 1. The number of nitrogens with one attached hydrogen (secondary N) is 1. The third-order valence-corrected chi connectivity index (χ3v) is 3.49. The summed E-state index contributed by atoms with van der Waals surface area (Å²) in [4.78, 5) is 12.2. The predicted octanol–water partition coefficient (Wildman–Crippen LogP) is 3.84. The first-order valence-electron chi connectivity index (χ1n) is 6.85. The standard InChI is InChI=1S/C17H14ClN3O/c18-15-8-6-13(7-9-15)12-21-16(10-11-19-21)20-17(22)14-4-2-1-3-5-14/h1-11H,12H2,(H,20,22). The highest BCUT2D eigenvalue weighted by Gasteiger charge is 2.09. The van der Waals surface area contributed by atoms with E-state index in [1.165, 1.54) is 0 Å². The van der Waals surface area contributed by atoms with Crippen molar-refractivity contribution < 1.29 is 4.79 Å². The molecule has 0 fully saturated rings. The molecule has 22 heavy (non-hydrogen) atoms. The van der Waals surface area contributed by atoms with Crippen LogP contribution >= 0.6 is 11.6 Å². The molecule has 0 spiro atoms. The molecule has 1 N–H and O–H groups in total. The second-order valence-electron chi connectivity index (χ2n) is 4.82. The van der Waals surface area contributed by atoms with Gasteiger partial charge >= 0.3 is 0 Å². The average molecular weight is 312 g/mol. The van der Waals surface area contributed by atoms with E-state index in [4.69, 9.17) is 11.6 Å². The van der Waals surface area contributed by atoms with Crippen molar-refractivity contribution in [3.05, 3.63) is 83.0 Å². The molecule has 0 saturated carbocycles. The smallest absolute Gasteiger partial charge is 0.256 e. The van der Waals surface area contributed by atoms with Crippen molar-refractivity contribution in [2.24, 2.45) is 0 Å². The summed E-state index contributed by atoms with van der Waals surface area (Å²) in [5.41, 5.74) is 1.67. The molecule has 0 aliphatic carbocycles. The normalized spacial score (nSPS) is 10.4. The second kappa shape index (κ2) is 6.45. The van der Waals surface area contributed by atoms with Gasteiger partial charge in [-0.05, 0) is 29.8 Å². The zero-order valence-corrected chi connectivity index (χ0v) is 12.5. The highest BCUT2D eigenvalue weighted by atomic mass is 35.5. The van der Waals surface area contributed by atoms with E-state index in [1.807, 2.05) is 42.5 Å². The number of benzene rings is 2. The van der Waals surface area contributed by atoms with Crippen LogP contribution < -0.4 is 5.32 Å². The van der Waals surface area contributed by atoms with Crippen LogP contribution in [0.4, 0.5) is 5.82 Å². The average Bonchev–Trinajstić information content (AvgIpc) is 2.97. The topological polar surface area (TPSA) is 46.9 Å². The molecule has 5 heteroatoms. The fraction of sp³-hybridized carbons (Fsp3) is 0.0588. The maximum atomic E-state index is 12.2. The maximum absolute atomic E-state index is 12.2. The minimum Gasteiger partial charge on any atom is -0.307 e. The predicted molar refractivity (Wildman–Crippen MR) is 87.2 cm³/mol. The van der Waals surface area contributed by atoms with Gasteiger partial charge in [0.2, 0.25) is 0 Å². The molecule has 1 aromatic heterocycles. The molecule has 0 aliphatic rings. The van der Waals surface area contributed by atoms with Gasteiger partial charge < -0.3 is 5.32 Å². The van der Waals surface area contributed by atoms with E-state index >= 15 is 0 Å². The molecule has 3 aromatic rings. The van der Waals surface area contributed by atoms with Crippen LogP contribution in [0.5, 0.6) is 0 Å². The number of carbonyl (C=O) groups is 1. The van der Waals surface area contributed by atoms with Gasteiger partial charge in [0, 0.05) is 16.7 Å². The van der Waals surface area contributed by atoms with Gasteiger partial charge in [-0.1, -0.05) is 41.9 Å². The SMILES string of the molecule is O=C(Nc1ccnn1Cc1ccc(Cl)cc1)c1ccccc1. The highest BCUT2D eigenvalue weighted by molar-refractivity contribution is 6.30. The lowest BCUT2D eigenvalue weighted by molar-refractivity contribution is 0.102. The zero-order chi connectivity index (χ0) is 15.4. The minimum atomic E-state index is -0.154. The Kier molecular flexibility index (Phi) is 4.21. The Morgan fingerprint density at radius 1 is 1.05 bits per heavy atom. The van der Waals surface area contributed by atoms with Crippen LogP contribution in [0.1, 0.15) is 15.9 Å². The number of hydrogen-bond donors (Lipinski definition) is 1. The Labute approximate surface area is 133 Å². The molecule has 0 radical (unpaired) electrons. The largest absolute Gasteiger partial charge is 0.307 e. The fourth-order valence-corrected chi connectivity index (χ4v) is 2.23. The van der Waals surface area contributed by atoms with Crippen molar-refractivity contribution in [1.82, 2.24) is 9.78 Å². The summed E-state index contributed by atoms with van der Waals surface area (Å²) in [6.07, 6.45) is 1.66. The van der Waals surface area contributed by atoms with E-state index in [9.17, 15) is 4.79 Å². The molecule has 4 nitrogen and oxygen atoms in total.